The van der Waals surface area contributed by atoms with Gasteiger partial charge in [-0.05, 0) is 23.8 Å². The number of hydrogen-bond donors (Lipinski definition) is 1. The van der Waals surface area contributed by atoms with Gasteiger partial charge < -0.3 is 5.84 Å². The lowest BCUT2D eigenvalue weighted by atomic mass is 10.2. The average molecular weight is 140 g/mol. The third-order valence-electron chi connectivity index (χ3n) is 1.13. The highest BCUT2D eigenvalue weighted by Gasteiger charge is 1.93. The van der Waals surface area contributed by atoms with E-state index in [4.69, 9.17) is 5.84 Å². The third-order valence-corrected chi connectivity index (χ3v) is 1.82. The molecule has 0 aromatic carbocycles. The van der Waals surface area contributed by atoms with E-state index in [2.05, 4.69) is 5.10 Å². The number of thiophene rings is 1. The van der Waals surface area contributed by atoms with Gasteiger partial charge in [-0.3, -0.25) is 0 Å². The van der Waals surface area contributed by atoms with Crippen LogP contribution in [0.25, 0.3) is 0 Å². The van der Waals surface area contributed by atoms with Gasteiger partial charge in [0.15, 0.2) is 0 Å². The molecular weight excluding hydrogens is 132 g/mol. The number of rotatable bonds is 1. The van der Waals surface area contributed by atoms with Crippen LogP contribution < -0.4 is 5.84 Å². The van der Waals surface area contributed by atoms with E-state index in [1.54, 1.807) is 11.3 Å². The van der Waals surface area contributed by atoms with Crippen molar-refractivity contribution in [3.63, 3.8) is 0 Å². The first-order chi connectivity index (χ1) is 4.34. The van der Waals surface area contributed by atoms with E-state index in [1.165, 1.54) is 0 Å². The second-order valence-electron chi connectivity index (χ2n) is 1.73. The van der Waals surface area contributed by atoms with Gasteiger partial charge in [0.1, 0.15) is 0 Å². The van der Waals surface area contributed by atoms with E-state index in [-0.39, 0.29) is 0 Å². The summed E-state index contributed by atoms with van der Waals surface area (Å²) in [5.41, 5.74) is 2.00. The van der Waals surface area contributed by atoms with Crippen molar-refractivity contribution in [3.05, 3.63) is 22.4 Å². The Morgan fingerprint density at radius 3 is 3.00 bits per heavy atom. The van der Waals surface area contributed by atoms with E-state index in [0.29, 0.717) is 0 Å². The van der Waals surface area contributed by atoms with Crippen LogP contribution in [0, 0.1) is 0 Å². The molecular formula is C6H8N2S. The molecule has 0 aliphatic heterocycles. The monoisotopic (exact) mass is 140 g/mol. The molecule has 1 rings (SSSR count). The number of nitrogens with zero attached hydrogens (tertiary/aromatic N) is 1. The molecule has 0 unspecified atom stereocenters. The standard InChI is InChI=1S/C6H8N2S/c1-5(8-7)6-2-3-9-4-6/h2-4H,7H2,1H3/b8-5-. The van der Waals surface area contributed by atoms with Gasteiger partial charge in [-0.2, -0.15) is 16.4 Å². The predicted molar refractivity (Wildman–Crippen MR) is 40.7 cm³/mol. The van der Waals surface area contributed by atoms with Crippen LogP contribution in [0.5, 0.6) is 0 Å². The van der Waals surface area contributed by atoms with Gasteiger partial charge in [0.05, 0.1) is 5.71 Å². The highest BCUT2D eigenvalue weighted by Crippen LogP contribution is 2.05. The average Bonchev–Trinajstić information content (AvgIpc) is 2.37. The molecule has 9 heavy (non-hydrogen) atoms. The minimum absolute atomic E-state index is 0.885. The Morgan fingerprint density at radius 2 is 2.56 bits per heavy atom. The summed E-state index contributed by atoms with van der Waals surface area (Å²) < 4.78 is 0. The molecule has 0 fully saturated rings. The van der Waals surface area contributed by atoms with Crippen molar-refractivity contribution < 1.29 is 0 Å². The molecule has 0 bridgehead atoms. The minimum Gasteiger partial charge on any atom is -0.323 e. The van der Waals surface area contributed by atoms with Gasteiger partial charge in [-0.1, -0.05) is 0 Å². The number of nitrogens with two attached hydrogens (primary N) is 1. The van der Waals surface area contributed by atoms with Gasteiger partial charge in [-0.25, -0.2) is 0 Å². The van der Waals surface area contributed by atoms with Crippen molar-refractivity contribution in [2.24, 2.45) is 10.9 Å². The van der Waals surface area contributed by atoms with Crippen molar-refractivity contribution in [1.82, 2.24) is 0 Å². The van der Waals surface area contributed by atoms with Crippen molar-refractivity contribution in [2.75, 3.05) is 0 Å². The molecule has 1 aromatic heterocycles. The number of hydrazone groups is 1. The minimum atomic E-state index is 0.885. The fourth-order valence-corrected chi connectivity index (χ4v) is 1.24. The van der Waals surface area contributed by atoms with Crippen LogP contribution in [-0.2, 0) is 0 Å². The summed E-state index contributed by atoms with van der Waals surface area (Å²) in [6.07, 6.45) is 0. The fraction of sp³-hybridized carbons (Fsp3) is 0.167. The largest absolute Gasteiger partial charge is 0.323 e. The summed E-state index contributed by atoms with van der Waals surface area (Å²) >= 11 is 1.65. The van der Waals surface area contributed by atoms with Crippen LogP contribution in [-0.4, -0.2) is 5.71 Å². The fourth-order valence-electron chi connectivity index (χ4n) is 0.545. The predicted octanol–water partition coefficient (Wildman–Crippen LogP) is 1.43. The maximum Gasteiger partial charge on any atom is 0.0650 e. The SMILES string of the molecule is C/C(=N/N)c1ccsc1. The van der Waals surface area contributed by atoms with E-state index < -0.39 is 0 Å². The maximum absolute atomic E-state index is 5.06. The van der Waals surface area contributed by atoms with Crippen LogP contribution in [0.15, 0.2) is 21.9 Å². The first-order valence-corrected chi connectivity index (χ1v) is 3.56. The lowest BCUT2D eigenvalue weighted by molar-refractivity contribution is 1.24. The van der Waals surface area contributed by atoms with Crippen molar-refractivity contribution in [1.29, 1.82) is 0 Å². The third kappa shape index (κ3) is 1.29. The van der Waals surface area contributed by atoms with E-state index in [1.807, 2.05) is 23.8 Å². The summed E-state index contributed by atoms with van der Waals surface area (Å²) in [4.78, 5) is 0. The van der Waals surface area contributed by atoms with Gasteiger partial charge >= 0.3 is 0 Å². The zero-order valence-corrected chi connectivity index (χ0v) is 5.98. The van der Waals surface area contributed by atoms with Gasteiger partial charge in [0, 0.05) is 5.56 Å². The van der Waals surface area contributed by atoms with E-state index in [0.717, 1.165) is 11.3 Å². The molecule has 0 radical (unpaired) electrons. The van der Waals surface area contributed by atoms with Gasteiger partial charge in [-0.15, -0.1) is 0 Å². The molecule has 0 saturated heterocycles. The summed E-state index contributed by atoms with van der Waals surface area (Å²) in [5, 5.41) is 7.58. The number of hydrogen-bond acceptors (Lipinski definition) is 3. The Labute approximate surface area is 58.0 Å². The molecule has 1 aromatic rings. The zero-order chi connectivity index (χ0) is 6.69. The maximum atomic E-state index is 5.06. The normalized spacial score (nSPS) is 11.9. The summed E-state index contributed by atoms with van der Waals surface area (Å²) in [5.74, 6) is 5.06. The van der Waals surface area contributed by atoms with Crippen LogP contribution >= 0.6 is 11.3 Å². The van der Waals surface area contributed by atoms with Gasteiger partial charge in [0.2, 0.25) is 0 Å². The van der Waals surface area contributed by atoms with Gasteiger partial charge in [0.25, 0.3) is 0 Å². The topological polar surface area (TPSA) is 38.4 Å². The van der Waals surface area contributed by atoms with Crippen LogP contribution in [0.2, 0.25) is 0 Å². The highest BCUT2D eigenvalue weighted by molar-refractivity contribution is 7.08. The van der Waals surface area contributed by atoms with E-state index in [9.17, 15) is 0 Å². The molecule has 2 N–H and O–H groups in total. The molecule has 0 aliphatic rings. The van der Waals surface area contributed by atoms with E-state index >= 15 is 0 Å². The summed E-state index contributed by atoms with van der Waals surface area (Å²) in [7, 11) is 0. The molecule has 0 amide bonds. The molecule has 0 atom stereocenters. The smallest absolute Gasteiger partial charge is 0.0650 e. The van der Waals surface area contributed by atoms with Crippen molar-refractivity contribution >= 4 is 17.0 Å². The Balaban J connectivity index is 2.90. The molecule has 0 spiro atoms. The lowest BCUT2D eigenvalue weighted by Gasteiger charge is -1.88. The Morgan fingerprint density at radius 1 is 1.78 bits per heavy atom. The highest BCUT2D eigenvalue weighted by atomic mass is 32.1. The zero-order valence-electron chi connectivity index (χ0n) is 5.16. The molecule has 2 nitrogen and oxygen atoms in total. The second kappa shape index (κ2) is 2.64. The quantitative estimate of drug-likeness (QED) is 0.357. The molecule has 1 heterocycles. The first-order valence-electron chi connectivity index (χ1n) is 2.61. The summed E-state index contributed by atoms with van der Waals surface area (Å²) in [6.45, 7) is 1.89. The Bertz CT molecular complexity index is 201. The van der Waals surface area contributed by atoms with Crippen LogP contribution in [0.3, 0.4) is 0 Å². The second-order valence-corrected chi connectivity index (χ2v) is 2.51. The molecule has 0 aliphatic carbocycles. The lowest BCUT2D eigenvalue weighted by Crippen LogP contribution is -1.95. The van der Waals surface area contributed by atoms with Crippen LogP contribution in [0.4, 0.5) is 0 Å². The Kier molecular flexibility index (Phi) is 1.85. The molecule has 0 saturated carbocycles. The summed E-state index contributed by atoms with van der Waals surface area (Å²) in [6, 6.07) is 2.00. The van der Waals surface area contributed by atoms with Crippen molar-refractivity contribution in [2.45, 2.75) is 6.92 Å². The molecule has 3 heteroatoms. The Hall–Kier alpha value is -0.830. The van der Waals surface area contributed by atoms with Crippen molar-refractivity contribution in [3.8, 4) is 0 Å². The van der Waals surface area contributed by atoms with Crippen LogP contribution in [0.1, 0.15) is 12.5 Å². The first kappa shape index (κ1) is 6.29. The molecule has 48 valence electrons.